The predicted octanol–water partition coefficient (Wildman–Crippen LogP) is 2.27. The average molecular weight is 455 g/mol. The minimum Gasteiger partial charge on any atom is -0.468 e. The highest BCUT2D eigenvalue weighted by Gasteiger charge is 2.73. The van der Waals surface area contributed by atoms with Crippen molar-refractivity contribution in [2.45, 2.75) is 29.7 Å². The Hall–Kier alpha value is -2.55. The molecule has 0 radical (unpaired) electrons. The number of aliphatic hydroxyl groups is 2. The number of halogens is 9. The van der Waals surface area contributed by atoms with Crippen molar-refractivity contribution in [3.05, 3.63) is 29.3 Å². The van der Waals surface area contributed by atoms with Crippen LogP contribution in [0.5, 0.6) is 0 Å². The van der Waals surface area contributed by atoms with Gasteiger partial charge in [0, 0.05) is 11.1 Å². The lowest BCUT2D eigenvalue weighted by molar-refractivity contribution is -0.376. The molecule has 0 fully saturated rings. The van der Waals surface area contributed by atoms with Crippen molar-refractivity contribution in [3.8, 4) is 0 Å². The Morgan fingerprint density at radius 1 is 1.07 bits per heavy atom. The number of nitrogens with zero attached hydrogens (tertiary/aromatic N) is 1. The van der Waals surface area contributed by atoms with Gasteiger partial charge in [-0.25, -0.2) is 0 Å². The Kier molecular flexibility index (Phi) is 5.32. The van der Waals surface area contributed by atoms with Gasteiger partial charge in [-0.2, -0.15) is 39.5 Å². The van der Waals surface area contributed by atoms with Crippen LogP contribution in [0.1, 0.15) is 11.1 Å². The van der Waals surface area contributed by atoms with Gasteiger partial charge in [0.25, 0.3) is 17.1 Å². The van der Waals surface area contributed by atoms with Gasteiger partial charge in [0.1, 0.15) is 6.54 Å². The van der Waals surface area contributed by atoms with Gasteiger partial charge in [-0.15, -0.1) is 0 Å². The van der Waals surface area contributed by atoms with E-state index in [-0.39, 0.29) is 17.0 Å². The summed E-state index contributed by atoms with van der Waals surface area (Å²) in [6, 6.07) is -0.254. The molecule has 168 valence electrons. The van der Waals surface area contributed by atoms with Crippen LogP contribution >= 0.6 is 0 Å². The minimum atomic E-state index is -6.43. The van der Waals surface area contributed by atoms with Gasteiger partial charge < -0.3 is 14.9 Å². The number of benzene rings is 1. The molecule has 30 heavy (non-hydrogen) atoms. The number of esters is 1. The van der Waals surface area contributed by atoms with Crippen molar-refractivity contribution < 1.29 is 64.1 Å². The number of alkyl halides is 9. The van der Waals surface area contributed by atoms with Crippen molar-refractivity contribution in [1.29, 1.82) is 0 Å². The summed E-state index contributed by atoms with van der Waals surface area (Å²) in [4.78, 5) is 23.5. The van der Waals surface area contributed by atoms with E-state index in [0.717, 1.165) is 7.11 Å². The number of anilines is 1. The maximum atomic E-state index is 13.4. The van der Waals surface area contributed by atoms with E-state index >= 15 is 0 Å². The van der Waals surface area contributed by atoms with Crippen LogP contribution in [0.25, 0.3) is 0 Å². The number of amides is 1. The number of rotatable bonds is 3. The molecule has 2 N–H and O–H groups in total. The minimum absolute atomic E-state index is 0.0152. The lowest BCUT2D eigenvalue weighted by Crippen LogP contribution is -2.54. The molecular formula is C15H10F9NO5. The summed E-state index contributed by atoms with van der Waals surface area (Å²) in [5, 5.41) is 19.4. The molecule has 6 nitrogen and oxygen atoms in total. The van der Waals surface area contributed by atoms with Gasteiger partial charge in [-0.1, -0.05) is 6.07 Å². The second-order valence-corrected chi connectivity index (χ2v) is 6.11. The van der Waals surface area contributed by atoms with Crippen LogP contribution in [0.4, 0.5) is 45.2 Å². The van der Waals surface area contributed by atoms with Gasteiger partial charge in [0.2, 0.25) is 0 Å². The molecule has 1 aliphatic heterocycles. The van der Waals surface area contributed by atoms with E-state index in [9.17, 15) is 59.3 Å². The van der Waals surface area contributed by atoms with Crippen LogP contribution in [-0.2, 0) is 25.5 Å². The fraction of sp³-hybridized carbons (Fsp3) is 0.467. The summed E-state index contributed by atoms with van der Waals surface area (Å²) >= 11 is 0. The van der Waals surface area contributed by atoms with Crippen LogP contribution in [0.2, 0.25) is 0 Å². The van der Waals surface area contributed by atoms with Crippen molar-refractivity contribution >= 4 is 17.6 Å². The second kappa shape index (κ2) is 6.73. The molecule has 1 heterocycles. The van der Waals surface area contributed by atoms with Crippen molar-refractivity contribution in [2.75, 3.05) is 18.6 Å². The lowest BCUT2D eigenvalue weighted by Gasteiger charge is -2.33. The number of fused-ring (bicyclic) bond motifs is 1. The van der Waals surface area contributed by atoms with Crippen LogP contribution in [0, 0.1) is 0 Å². The van der Waals surface area contributed by atoms with E-state index in [1.54, 1.807) is 0 Å². The van der Waals surface area contributed by atoms with E-state index < -0.39 is 71.0 Å². The van der Waals surface area contributed by atoms with E-state index in [1.165, 1.54) is 0 Å². The Balaban J connectivity index is 2.83. The normalized spacial score (nSPS) is 20.4. The van der Waals surface area contributed by atoms with Crippen molar-refractivity contribution in [1.82, 2.24) is 0 Å². The first-order chi connectivity index (χ1) is 13.3. The molecule has 0 saturated heterocycles. The summed E-state index contributed by atoms with van der Waals surface area (Å²) in [7, 11) is 0.787. The Morgan fingerprint density at radius 2 is 1.57 bits per heavy atom. The molecule has 0 aromatic heterocycles. The molecule has 2 rings (SSSR count). The van der Waals surface area contributed by atoms with Crippen LogP contribution in [-0.4, -0.2) is 54.3 Å². The molecule has 1 aromatic rings. The zero-order valence-electron chi connectivity index (χ0n) is 14.4. The molecule has 15 heteroatoms. The summed E-state index contributed by atoms with van der Waals surface area (Å²) in [5.74, 6) is -3.55. The highest BCUT2D eigenvalue weighted by molar-refractivity contribution is 6.09. The molecule has 1 aliphatic rings. The zero-order chi connectivity index (χ0) is 23.5. The maximum Gasteiger partial charge on any atom is 0.430 e. The molecular weight excluding hydrogens is 445 g/mol. The molecule has 0 spiro atoms. The molecule has 1 atom stereocenters. The van der Waals surface area contributed by atoms with Gasteiger partial charge in [0.15, 0.2) is 0 Å². The van der Waals surface area contributed by atoms with Crippen molar-refractivity contribution in [3.63, 3.8) is 0 Å². The molecule has 0 bridgehead atoms. The van der Waals surface area contributed by atoms with Crippen LogP contribution in [0.3, 0.4) is 0 Å². The first-order valence-electron chi connectivity index (χ1n) is 7.52. The van der Waals surface area contributed by atoms with Crippen molar-refractivity contribution in [2.24, 2.45) is 0 Å². The zero-order valence-corrected chi connectivity index (χ0v) is 14.4. The number of ether oxygens (including phenoxy) is 1. The van der Waals surface area contributed by atoms with E-state index in [1.807, 2.05) is 0 Å². The largest absolute Gasteiger partial charge is 0.468 e. The maximum absolute atomic E-state index is 13.4. The van der Waals surface area contributed by atoms with E-state index in [4.69, 9.17) is 0 Å². The fourth-order valence-corrected chi connectivity index (χ4v) is 2.82. The summed E-state index contributed by atoms with van der Waals surface area (Å²) in [5.41, 5.74) is -15.0. The third kappa shape index (κ3) is 3.15. The highest BCUT2D eigenvalue weighted by Crippen LogP contribution is 2.54. The molecule has 1 amide bonds. The average Bonchev–Trinajstić information content (AvgIpc) is 2.81. The van der Waals surface area contributed by atoms with E-state index in [0.29, 0.717) is 0 Å². The molecule has 1 aromatic carbocycles. The SMILES string of the molecule is COC(=O)CN1C(=O)[C@](O)(C(F)(F)F)c2cc(C(O)(C(F)(F)F)C(F)(F)F)ccc21. The van der Waals surface area contributed by atoms with Gasteiger partial charge >= 0.3 is 24.5 Å². The number of carbonyl (C=O) groups is 2. The van der Waals surface area contributed by atoms with Crippen LogP contribution < -0.4 is 4.90 Å². The first-order valence-corrected chi connectivity index (χ1v) is 7.52. The predicted molar refractivity (Wildman–Crippen MR) is 76.8 cm³/mol. The highest BCUT2D eigenvalue weighted by atomic mass is 19.4. The number of methoxy groups -OCH3 is 1. The third-order valence-corrected chi connectivity index (χ3v) is 4.40. The Labute approximate surface area is 160 Å². The monoisotopic (exact) mass is 455 g/mol. The van der Waals surface area contributed by atoms with Gasteiger partial charge in [-0.3, -0.25) is 14.5 Å². The van der Waals surface area contributed by atoms with Gasteiger partial charge in [0.05, 0.1) is 12.8 Å². The third-order valence-electron chi connectivity index (χ3n) is 4.40. The smallest absolute Gasteiger partial charge is 0.430 e. The first kappa shape index (κ1) is 23.7. The molecule has 0 aliphatic carbocycles. The summed E-state index contributed by atoms with van der Waals surface area (Å²) in [6.07, 6.45) is -18.8. The second-order valence-electron chi connectivity index (χ2n) is 6.11. The lowest BCUT2D eigenvalue weighted by atomic mass is 9.86. The van der Waals surface area contributed by atoms with E-state index in [2.05, 4.69) is 4.74 Å². The topological polar surface area (TPSA) is 87.1 Å². The number of hydrogen-bond acceptors (Lipinski definition) is 5. The fourth-order valence-electron chi connectivity index (χ4n) is 2.82. The quantitative estimate of drug-likeness (QED) is 0.540. The molecule has 0 unspecified atom stereocenters. The van der Waals surface area contributed by atoms with Crippen LogP contribution in [0.15, 0.2) is 18.2 Å². The van der Waals surface area contributed by atoms with Gasteiger partial charge in [-0.05, 0) is 12.1 Å². The Morgan fingerprint density at radius 3 is 1.97 bits per heavy atom. The Bertz CT molecular complexity index is 863. The number of hydrogen-bond donors (Lipinski definition) is 2. The number of carbonyl (C=O) groups excluding carboxylic acids is 2. The molecule has 0 saturated carbocycles. The summed E-state index contributed by atoms with van der Waals surface area (Å²) in [6.45, 7) is -1.23. The summed E-state index contributed by atoms with van der Waals surface area (Å²) < 4.78 is 123. The standard InChI is InChI=1S/C15H10F9NO5/c1-30-9(26)5-25-8-3-2-6(12(29,14(19,20)21)15(22,23)24)4-7(8)11(28,10(25)27)13(16,17)18/h2-4,28-29H,5H2,1H3/t11-/m0/s1.